The van der Waals surface area contributed by atoms with Crippen molar-refractivity contribution in [2.75, 3.05) is 0 Å². The normalized spacial score (nSPS) is 14.9. The van der Waals surface area contributed by atoms with Crippen molar-refractivity contribution in [1.29, 1.82) is 0 Å². The van der Waals surface area contributed by atoms with Gasteiger partial charge in [-0.15, -0.1) is 49.4 Å². The van der Waals surface area contributed by atoms with Gasteiger partial charge in [0.1, 0.15) is 0 Å². The molecule has 59 heavy (non-hydrogen) atoms. The minimum Gasteiger partial charge on any atom is -0.210 e. The Labute approximate surface area is 384 Å². The van der Waals surface area contributed by atoms with E-state index in [0.717, 1.165) is 22.0 Å². The van der Waals surface area contributed by atoms with Crippen LogP contribution in [0.5, 0.6) is 0 Å². The minimum absolute atomic E-state index is 0.165. The van der Waals surface area contributed by atoms with Gasteiger partial charge in [-0.3, -0.25) is 0 Å². The van der Waals surface area contributed by atoms with Crippen LogP contribution in [0.15, 0.2) is 215 Å². The molecule has 0 saturated carbocycles. The summed E-state index contributed by atoms with van der Waals surface area (Å²) in [6.45, 7) is 1.62. The van der Waals surface area contributed by atoms with Crippen molar-refractivity contribution in [2.24, 2.45) is 0 Å². The van der Waals surface area contributed by atoms with Gasteiger partial charge in [0.05, 0.1) is 21.2 Å². The molecular weight excluding hydrogens is 1020 g/mol. The van der Waals surface area contributed by atoms with Crippen molar-refractivity contribution in [3.63, 3.8) is 0 Å². The first-order chi connectivity index (χ1) is 29.0. The van der Waals surface area contributed by atoms with E-state index in [4.69, 9.17) is 30.0 Å². The minimum atomic E-state index is -0.834. The molecule has 2 heterocycles. The molecular formula is C50H42Br2Cl2N2P2Ru. The maximum absolute atomic E-state index is 4.85. The summed E-state index contributed by atoms with van der Waals surface area (Å²) in [6.07, 6.45) is 0. The van der Waals surface area contributed by atoms with Crippen LogP contribution >= 0.6 is 67.1 Å². The van der Waals surface area contributed by atoms with E-state index in [1.54, 1.807) is 0 Å². The Morgan fingerprint density at radius 2 is 0.729 bits per heavy atom. The second-order valence-corrected chi connectivity index (χ2v) is 23.3. The van der Waals surface area contributed by atoms with Gasteiger partial charge in [0, 0.05) is 24.8 Å². The maximum atomic E-state index is 4.85. The number of benzene rings is 6. The van der Waals surface area contributed by atoms with Crippen LogP contribution in [-0.4, -0.2) is 0 Å². The fraction of sp³-hybridized carbons (Fsp3) is 0.0800. The van der Waals surface area contributed by atoms with E-state index in [9.17, 15) is 0 Å². The van der Waals surface area contributed by atoms with Crippen LogP contribution in [0.1, 0.15) is 34.3 Å². The molecule has 0 aromatic heterocycles. The van der Waals surface area contributed by atoms with Crippen LogP contribution in [0.4, 0.5) is 0 Å². The quantitative estimate of drug-likeness (QED) is 0.0865. The fourth-order valence-electron chi connectivity index (χ4n) is 7.60. The summed E-state index contributed by atoms with van der Waals surface area (Å²) in [5.41, 5.74) is 5.30. The maximum Gasteiger partial charge on any atom is 0.0908 e. The summed E-state index contributed by atoms with van der Waals surface area (Å²) >= 11 is 6.78. The van der Waals surface area contributed by atoms with Gasteiger partial charge in [-0.2, -0.15) is 0 Å². The molecule has 0 bridgehead atoms. The third-order valence-electron chi connectivity index (χ3n) is 10.2. The molecule has 0 amide bonds. The second-order valence-electron chi connectivity index (χ2n) is 13.9. The Kier molecular flexibility index (Phi) is 16.9. The predicted octanol–water partition coefficient (Wildman–Crippen LogP) is 12.9. The van der Waals surface area contributed by atoms with Gasteiger partial charge in [0.25, 0.3) is 0 Å². The number of hydrogen-bond donors (Lipinski definition) is 0. The summed E-state index contributed by atoms with van der Waals surface area (Å²) < 4.78 is 2.23. The molecule has 2 aliphatic heterocycles. The van der Waals surface area contributed by atoms with Gasteiger partial charge in [-0.1, -0.05) is 139 Å². The van der Waals surface area contributed by atoms with Crippen LogP contribution in [0, 0.1) is 0 Å². The van der Waals surface area contributed by atoms with Crippen molar-refractivity contribution in [3.05, 3.63) is 248 Å². The molecule has 0 radical (unpaired) electrons. The van der Waals surface area contributed by atoms with Crippen LogP contribution in [-0.2, 0) is 28.2 Å². The summed E-state index contributed by atoms with van der Waals surface area (Å²) in [6, 6.07) is 74.1. The zero-order valence-electron chi connectivity index (χ0n) is 32.0. The van der Waals surface area contributed by atoms with E-state index in [0.29, 0.717) is 0 Å². The molecule has 0 unspecified atom stereocenters. The Morgan fingerprint density at radius 3 is 1.02 bits per heavy atom. The van der Waals surface area contributed by atoms with Gasteiger partial charge in [-0.05, 0) is 83.4 Å². The third-order valence-corrected chi connectivity index (χ3v) is 16.7. The molecule has 298 valence electrons. The Hall–Kier alpha value is -3.04. The second kappa shape index (κ2) is 22.7. The fourth-order valence-corrected chi connectivity index (χ4v) is 13.5. The smallest absolute Gasteiger partial charge is 0.0908 e. The van der Waals surface area contributed by atoms with E-state index in [2.05, 4.69) is 238 Å². The molecule has 9 heteroatoms. The molecule has 0 N–H and O–H groups in total. The molecule has 0 saturated heterocycles. The van der Waals surface area contributed by atoms with Crippen molar-refractivity contribution >= 4 is 98.9 Å². The first kappa shape index (κ1) is 44.0. The van der Waals surface area contributed by atoms with E-state index in [-0.39, 0.29) is 27.2 Å². The average Bonchev–Trinajstić information content (AvgIpc) is 4.13. The largest absolute Gasteiger partial charge is 0.210 e. The molecule has 2 nitrogen and oxygen atoms in total. The van der Waals surface area contributed by atoms with Crippen molar-refractivity contribution < 1.29 is 15.1 Å². The van der Waals surface area contributed by atoms with E-state index in [1.807, 2.05) is 0 Å². The zero-order valence-corrected chi connectivity index (χ0v) is 40.4. The molecule has 2 aliphatic rings. The zero-order chi connectivity index (χ0) is 40.8. The van der Waals surface area contributed by atoms with Gasteiger partial charge in [0.15, 0.2) is 0 Å². The average molecular weight is 1060 g/mol. The summed E-state index contributed by atoms with van der Waals surface area (Å²) in [4.78, 5) is 0. The van der Waals surface area contributed by atoms with E-state index in [1.165, 1.54) is 54.1 Å². The Balaban J connectivity index is 0.000000130. The first-order valence-corrected chi connectivity index (χ1v) is 28.2. The van der Waals surface area contributed by atoms with E-state index >= 15 is 0 Å². The predicted molar refractivity (Wildman–Crippen MR) is 264 cm³/mol. The van der Waals surface area contributed by atoms with Crippen LogP contribution < -0.4 is 31.8 Å². The van der Waals surface area contributed by atoms with E-state index < -0.39 is 15.8 Å². The SMILES string of the molecule is Brc1ccc2c(c1)[C@H]([C@@H]1[N-]Cc3ccc(Br)cc31)[N-]C2.[Cl][Ru+2][Cl].c1ccc([PH+](c2ccccc2)[c-]2cccc2)cc1.c1ccc([PH+](c2ccccc2)[c-]2cccc2)cc1. The van der Waals surface area contributed by atoms with Gasteiger partial charge < -0.3 is 10.6 Å². The van der Waals surface area contributed by atoms with Gasteiger partial charge in [-0.25, -0.2) is 24.3 Å². The molecule has 0 fully saturated rings. The van der Waals surface area contributed by atoms with Crippen molar-refractivity contribution in [2.45, 2.75) is 25.2 Å². The monoisotopic (exact) mass is 1060 g/mol. The first-order valence-electron chi connectivity index (χ1n) is 19.2. The summed E-state index contributed by atoms with van der Waals surface area (Å²) in [7, 11) is 8.04. The van der Waals surface area contributed by atoms with Crippen molar-refractivity contribution in [3.8, 4) is 0 Å². The molecule has 0 aliphatic carbocycles. The van der Waals surface area contributed by atoms with Crippen LogP contribution in [0.3, 0.4) is 0 Å². The third kappa shape index (κ3) is 11.7. The number of halogens is 4. The number of rotatable bonds is 7. The van der Waals surface area contributed by atoms with Crippen LogP contribution in [0.2, 0.25) is 0 Å². The summed E-state index contributed by atoms with van der Waals surface area (Å²) in [5, 5.41) is 18.3. The van der Waals surface area contributed by atoms with Gasteiger partial charge in [0.2, 0.25) is 0 Å². The number of nitrogens with zero attached hydrogens (tertiary/aromatic N) is 2. The molecule has 8 aromatic rings. The topological polar surface area (TPSA) is 28.2 Å². The van der Waals surface area contributed by atoms with Crippen molar-refractivity contribution in [1.82, 2.24) is 0 Å². The molecule has 2 atom stereocenters. The molecule has 8 aromatic carbocycles. The Morgan fingerprint density at radius 1 is 0.441 bits per heavy atom. The molecule has 10 rings (SSSR count). The molecule has 0 spiro atoms. The number of fused-ring (bicyclic) bond motifs is 2. The number of hydrogen-bond acceptors (Lipinski definition) is 0. The Bertz CT molecular complexity index is 2190. The van der Waals surface area contributed by atoms with Crippen LogP contribution in [0.25, 0.3) is 10.6 Å². The van der Waals surface area contributed by atoms with Gasteiger partial charge >= 0.3 is 34.5 Å². The standard InChI is InChI=1S/2C17H15P.C16H12Br2N2.2ClH.Ru/c2*1-3-9-15(10-4-1)18(17-13-7-8-14-17)16-11-5-2-6-12-16;17-11-3-1-9-7-19-15(13(9)5-11)16-14-6-12(18)4-2-10(14)8-20-16;;;/h2*1-14,18H;1-6,15-16H,7-8H2;2*1H;/q;;-2;;;+4/p-2/t;;15-,16-;;;/m..1.../s1. The summed E-state index contributed by atoms with van der Waals surface area (Å²) in [5.74, 6) is 0.